The quantitative estimate of drug-likeness (QED) is 0.486. The maximum Gasteiger partial charge on any atom is 0.311 e. The van der Waals surface area contributed by atoms with Crippen LogP contribution in [0, 0.1) is 15.9 Å². The van der Waals surface area contributed by atoms with Crippen LogP contribution in [0.2, 0.25) is 0 Å². The normalized spacial score (nSPS) is 10.8. The lowest BCUT2D eigenvalue weighted by molar-refractivity contribution is -0.385. The van der Waals surface area contributed by atoms with E-state index in [4.69, 9.17) is 4.74 Å². The number of carbonyl (C=O) groups excluding carboxylic acids is 1. The third-order valence-corrected chi connectivity index (χ3v) is 4.13. The highest BCUT2D eigenvalue weighted by Crippen LogP contribution is 2.28. The Morgan fingerprint density at radius 1 is 1.18 bits per heavy atom. The minimum atomic E-state index is -0.581. The molecule has 1 amide bonds. The number of nitrogens with zero attached hydrogens (tertiary/aromatic N) is 3. The van der Waals surface area contributed by atoms with Crippen LogP contribution in [-0.4, -0.2) is 54.4 Å². The molecule has 28 heavy (non-hydrogen) atoms. The second-order valence-corrected chi connectivity index (χ2v) is 6.49. The Bertz CT molecular complexity index is 842. The van der Waals surface area contributed by atoms with Crippen molar-refractivity contribution in [2.75, 3.05) is 33.8 Å². The van der Waals surface area contributed by atoms with Crippen LogP contribution in [-0.2, 0) is 6.54 Å². The fourth-order valence-corrected chi connectivity index (χ4v) is 2.66. The zero-order chi connectivity index (χ0) is 20.7. The molecular weight excluding hydrogens is 365 g/mol. The van der Waals surface area contributed by atoms with E-state index in [-0.39, 0.29) is 30.2 Å². The van der Waals surface area contributed by atoms with Crippen LogP contribution in [0.25, 0.3) is 0 Å². The highest BCUT2D eigenvalue weighted by Gasteiger charge is 2.23. The first kappa shape index (κ1) is 21.3. The van der Waals surface area contributed by atoms with E-state index >= 15 is 0 Å². The molecule has 150 valence electrons. The van der Waals surface area contributed by atoms with Crippen molar-refractivity contribution in [2.24, 2.45) is 0 Å². The summed E-state index contributed by atoms with van der Waals surface area (Å²) in [5.74, 6) is -0.697. The van der Waals surface area contributed by atoms with Crippen molar-refractivity contribution in [1.29, 1.82) is 0 Å². The molecule has 0 bridgehead atoms. The molecule has 2 aromatic rings. The largest absolute Gasteiger partial charge is 0.487 e. The molecule has 0 aliphatic carbocycles. The minimum absolute atomic E-state index is 0.0698. The SMILES string of the molecule is CCOc1ccc(C(=O)N(CCN(C)C)Cc2ccccc2F)cc1[N+](=O)[O-]. The Morgan fingerprint density at radius 2 is 1.89 bits per heavy atom. The van der Waals surface area contributed by atoms with Crippen molar-refractivity contribution in [3.63, 3.8) is 0 Å². The standard InChI is InChI=1S/C20H24FN3O4/c1-4-28-19-10-9-15(13-18(19)24(26)27)20(25)23(12-11-22(2)3)14-16-7-5-6-8-17(16)21/h5-10,13H,4,11-12,14H2,1-3H3. The number of amides is 1. The zero-order valence-corrected chi connectivity index (χ0v) is 16.2. The van der Waals surface area contributed by atoms with Gasteiger partial charge >= 0.3 is 5.69 Å². The molecule has 0 fully saturated rings. The topological polar surface area (TPSA) is 75.9 Å². The highest BCUT2D eigenvalue weighted by molar-refractivity contribution is 5.95. The first-order valence-corrected chi connectivity index (χ1v) is 8.92. The summed E-state index contributed by atoms with van der Waals surface area (Å²) >= 11 is 0. The minimum Gasteiger partial charge on any atom is -0.487 e. The molecule has 0 spiro atoms. The first-order chi connectivity index (χ1) is 13.3. The first-order valence-electron chi connectivity index (χ1n) is 8.92. The molecule has 2 rings (SSSR count). The zero-order valence-electron chi connectivity index (χ0n) is 16.2. The lowest BCUT2D eigenvalue weighted by atomic mass is 10.1. The van der Waals surface area contributed by atoms with Gasteiger partial charge in [0.05, 0.1) is 11.5 Å². The van der Waals surface area contributed by atoms with Gasteiger partial charge in [-0.1, -0.05) is 18.2 Å². The number of nitro benzene ring substituents is 1. The number of nitro groups is 1. The number of halogens is 1. The molecule has 0 aliphatic heterocycles. The van der Waals surface area contributed by atoms with Crippen molar-refractivity contribution >= 4 is 11.6 Å². The molecule has 0 unspecified atom stereocenters. The van der Waals surface area contributed by atoms with Crippen LogP contribution in [0.15, 0.2) is 42.5 Å². The number of rotatable bonds is 9. The van der Waals surface area contributed by atoms with Gasteiger partial charge in [0.25, 0.3) is 5.91 Å². The van der Waals surface area contributed by atoms with E-state index in [1.54, 1.807) is 25.1 Å². The summed E-state index contributed by atoms with van der Waals surface area (Å²) in [5, 5.41) is 11.3. The van der Waals surface area contributed by atoms with E-state index in [0.717, 1.165) is 0 Å². The van der Waals surface area contributed by atoms with Gasteiger partial charge < -0.3 is 14.5 Å². The molecule has 0 N–H and O–H groups in total. The van der Waals surface area contributed by atoms with Crippen molar-refractivity contribution in [1.82, 2.24) is 9.80 Å². The Morgan fingerprint density at radius 3 is 2.50 bits per heavy atom. The summed E-state index contributed by atoms with van der Waals surface area (Å²) in [6.45, 7) is 2.98. The third kappa shape index (κ3) is 5.50. The van der Waals surface area contributed by atoms with Crippen LogP contribution in [0.4, 0.5) is 10.1 Å². The molecule has 0 saturated heterocycles. The smallest absolute Gasteiger partial charge is 0.311 e. The van der Waals surface area contributed by atoms with E-state index in [0.29, 0.717) is 18.7 Å². The molecule has 0 heterocycles. The van der Waals surface area contributed by atoms with Gasteiger partial charge in [-0.25, -0.2) is 4.39 Å². The summed E-state index contributed by atoms with van der Waals surface area (Å²) in [4.78, 5) is 27.2. The van der Waals surface area contributed by atoms with Gasteiger partial charge in [0.2, 0.25) is 0 Å². The fourth-order valence-electron chi connectivity index (χ4n) is 2.66. The van der Waals surface area contributed by atoms with E-state index in [1.165, 1.54) is 29.2 Å². The van der Waals surface area contributed by atoms with Gasteiger partial charge in [-0.05, 0) is 39.2 Å². The number of hydrogen-bond donors (Lipinski definition) is 0. The van der Waals surface area contributed by atoms with Crippen molar-refractivity contribution in [3.05, 3.63) is 69.5 Å². The summed E-state index contributed by atoms with van der Waals surface area (Å²) < 4.78 is 19.3. The van der Waals surface area contributed by atoms with Gasteiger partial charge in [0, 0.05) is 36.8 Å². The average molecular weight is 389 g/mol. The van der Waals surface area contributed by atoms with Gasteiger partial charge in [-0.2, -0.15) is 0 Å². The molecule has 8 heteroatoms. The van der Waals surface area contributed by atoms with E-state index in [2.05, 4.69) is 0 Å². The number of ether oxygens (including phenoxy) is 1. The lowest BCUT2D eigenvalue weighted by Gasteiger charge is -2.25. The number of hydrogen-bond acceptors (Lipinski definition) is 5. The second kappa shape index (κ2) is 9.80. The summed E-state index contributed by atoms with van der Waals surface area (Å²) in [5.41, 5.74) is 0.270. The monoisotopic (exact) mass is 389 g/mol. The lowest BCUT2D eigenvalue weighted by Crippen LogP contribution is -2.36. The van der Waals surface area contributed by atoms with E-state index in [1.807, 2.05) is 19.0 Å². The van der Waals surface area contributed by atoms with Crippen molar-refractivity contribution in [3.8, 4) is 5.75 Å². The molecule has 0 radical (unpaired) electrons. The third-order valence-electron chi connectivity index (χ3n) is 4.13. The number of benzene rings is 2. The number of carbonyl (C=O) groups is 1. The van der Waals surface area contributed by atoms with E-state index in [9.17, 15) is 19.3 Å². The van der Waals surface area contributed by atoms with Crippen LogP contribution >= 0.6 is 0 Å². The van der Waals surface area contributed by atoms with Crippen LogP contribution in [0.1, 0.15) is 22.8 Å². The predicted molar refractivity (Wildman–Crippen MR) is 104 cm³/mol. The Hall–Kier alpha value is -3.00. The molecule has 2 aromatic carbocycles. The molecule has 0 saturated carbocycles. The van der Waals surface area contributed by atoms with Crippen molar-refractivity contribution in [2.45, 2.75) is 13.5 Å². The van der Waals surface area contributed by atoms with Gasteiger partial charge in [0.1, 0.15) is 5.82 Å². The maximum atomic E-state index is 14.1. The van der Waals surface area contributed by atoms with Crippen LogP contribution in [0.5, 0.6) is 5.75 Å². The molecule has 0 aromatic heterocycles. The predicted octanol–water partition coefficient (Wildman–Crippen LogP) is 3.34. The Balaban J connectivity index is 2.34. The van der Waals surface area contributed by atoms with Gasteiger partial charge in [-0.15, -0.1) is 0 Å². The molecule has 7 nitrogen and oxygen atoms in total. The second-order valence-electron chi connectivity index (χ2n) is 6.49. The Kier molecular flexibility index (Phi) is 7.45. The van der Waals surface area contributed by atoms with Crippen LogP contribution in [0.3, 0.4) is 0 Å². The molecule has 0 atom stereocenters. The van der Waals surface area contributed by atoms with Crippen LogP contribution < -0.4 is 4.74 Å². The van der Waals surface area contributed by atoms with E-state index < -0.39 is 16.6 Å². The Labute approximate surface area is 163 Å². The molecular formula is C20H24FN3O4. The van der Waals surface area contributed by atoms with Crippen molar-refractivity contribution < 1.29 is 18.8 Å². The summed E-state index contributed by atoms with van der Waals surface area (Å²) in [6.07, 6.45) is 0. The van der Waals surface area contributed by atoms with Gasteiger partial charge in [-0.3, -0.25) is 14.9 Å². The average Bonchev–Trinajstić information content (AvgIpc) is 2.66. The molecule has 0 aliphatic rings. The number of likely N-dealkylation sites (N-methyl/N-ethyl adjacent to an activating group) is 1. The summed E-state index contributed by atoms with van der Waals surface area (Å²) in [6, 6.07) is 10.4. The summed E-state index contributed by atoms with van der Waals surface area (Å²) in [7, 11) is 3.74. The maximum absolute atomic E-state index is 14.1. The van der Waals surface area contributed by atoms with Gasteiger partial charge in [0.15, 0.2) is 5.75 Å². The highest BCUT2D eigenvalue weighted by atomic mass is 19.1. The fraction of sp³-hybridized carbons (Fsp3) is 0.350.